The highest BCUT2D eigenvalue weighted by molar-refractivity contribution is 5.38. The largest absolute Gasteiger partial charge is 0.379 e. The van der Waals surface area contributed by atoms with Crippen LogP contribution < -0.4 is 5.32 Å². The smallest absolute Gasteiger partial charge is 0.155 e. The SMILES string of the molecule is Cc1cc2ncc(CNCCCN3CCOCC3)cn2n1. The van der Waals surface area contributed by atoms with Gasteiger partial charge in [0.25, 0.3) is 0 Å². The summed E-state index contributed by atoms with van der Waals surface area (Å²) in [6.07, 6.45) is 5.13. The summed E-state index contributed by atoms with van der Waals surface area (Å²) in [5, 5.41) is 7.86. The first-order valence-corrected chi connectivity index (χ1v) is 7.63. The number of hydrogen-bond donors (Lipinski definition) is 1. The summed E-state index contributed by atoms with van der Waals surface area (Å²) in [6.45, 7) is 8.88. The molecule has 0 atom stereocenters. The molecule has 1 saturated heterocycles. The summed E-state index contributed by atoms with van der Waals surface area (Å²) in [6, 6.07) is 1.99. The van der Waals surface area contributed by atoms with Crippen molar-refractivity contribution in [1.82, 2.24) is 24.8 Å². The van der Waals surface area contributed by atoms with Gasteiger partial charge in [0, 0.05) is 43.7 Å². The van der Waals surface area contributed by atoms with E-state index < -0.39 is 0 Å². The van der Waals surface area contributed by atoms with E-state index in [4.69, 9.17) is 4.74 Å². The fraction of sp³-hybridized carbons (Fsp3) is 0.600. The summed E-state index contributed by atoms with van der Waals surface area (Å²) < 4.78 is 7.20. The first kappa shape index (κ1) is 14.4. The van der Waals surface area contributed by atoms with E-state index in [1.807, 2.05) is 29.9 Å². The van der Waals surface area contributed by atoms with E-state index in [9.17, 15) is 0 Å². The highest BCUT2D eigenvalue weighted by Crippen LogP contribution is 2.04. The van der Waals surface area contributed by atoms with Gasteiger partial charge in [-0.2, -0.15) is 5.10 Å². The van der Waals surface area contributed by atoms with Crippen LogP contribution in [0.5, 0.6) is 0 Å². The number of hydrogen-bond acceptors (Lipinski definition) is 5. The molecule has 21 heavy (non-hydrogen) atoms. The first-order valence-electron chi connectivity index (χ1n) is 7.63. The molecular formula is C15H23N5O. The lowest BCUT2D eigenvalue weighted by molar-refractivity contribution is 0.0374. The first-order chi connectivity index (χ1) is 10.3. The molecule has 0 aliphatic carbocycles. The second-order valence-corrected chi connectivity index (χ2v) is 5.54. The number of fused-ring (bicyclic) bond motifs is 1. The summed E-state index contributed by atoms with van der Waals surface area (Å²) in [4.78, 5) is 6.88. The summed E-state index contributed by atoms with van der Waals surface area (Å²) in [7, 11) is 0. The topological polar surface area (TPSA) is 54.7 Å². The van der Waals surface area contributed by atoms with Crippen molar-refractivity contribution in [2.75, 3.05) is 39.4 Å². The Hall–Kier alpha value is -1.50. The van der Waals surface area contributed by atoms with Crippen LogP contribution >= 0.6 is 0 Å². The van der Waals surface area contributed by atoms with Crippen LogP contribution in [-0.4, -0.2) is 58.9 Å². The van der Waals surface area contributed by atoms with Crippen molar-refractivity contribution in [3.8, 4) is 0 Å². The van der Waals surface area contributed by atoms with E-state index in [2.05, 4.69) is 20.3 Å². The van der Waals surface area contributed by atoms with Gasteiger partial charge in [-0.05, 0) is 26.4 Å². The maximum Gasteiger partial charge on any atom is 0.155 e. The molecule has 2 aromatic rings. The van der Waals surface area contributed by atoms with E-state index in [0.717, 1.165) is 69.3 Å². The predicted octanol–water partition coefficient (Wildman–Crippen LogP) is 0.850. The van der Waals surface area contributed by atoms with Crippen LogP contribution in [0.3, 0.4) is 0 Å². The summed E-state index contributed by atoms with van der Waals surface area (Å²) >= 11 is 0. The van der Waals surface area contributed by atoms with Gasteiger partial charge in [0.15, 0.2) is 5.65 Å². The molecule has 0 bridgehead atoms. The Morgan fingerprint density at radius 2 is 2.19 bits per heavy atom. The minimum absolute atomic E-state index is 0.838. The van der Waals surface area contributed by atoms with Crippen LogP contribution in [0, 0.1) is 6.92 Å². The molecule has 1 fully saturated rings. The molecular weight excluding hydrogens is 266 g/mol. The molecule has 0 spiro atoms. The van der Waals surface area contributed by atoms with E-state index in [1.54, 1.807) is 0 Å². The minimum atomic E-state index is 0.838. The molecule has 6 nitrogen and oxygen atoms in total. The van der Waals surface area contributed by atoms with Crippen LogP contribution in [0.4, 0.5) is 0 Å². The Morgan fingerprint density at radius 3 is 3.05 bits per heavy atom. The molecule has 6 heteroatoms. The molecule has 1 aliphatic rings. The number of morpholine rings is 1. The maximum absolute atomic E-state index is 5.35. The Kier molecular flexibility index (Phi) is 4.80. The number of nitrogens with one attached hydrogen (secondary N) is 1. The zero-order valence-corrected chi connectivity index (χ0v) is 12.6. The highest BCUT2D eigenvalue weighted by atomic mass is 16.5. The third kappa shape index (κ3) is 4.00. The van der Waals surface area contributed by atoms with Crippen molar-refractivity contribution >= 4 is 5.65 Å². The van der Waals surface area contributed by atoms with Crippen molar-refractivity contribution in [2.45, 2.75) is 19.9 Å². The van der Waals surface area contributed by atoms with Crippen LogP contribution in [-0.2, 0) is 11.3 Å². The van der Waals surface area contributed by atoms with Gasteiger partial charge >= 0.3 is 0 Å². The molecule has 1 aliphatic heterocycles. The average molecular weight is 289 g/mol. The Balaban J connectivity index is 1.39. The number of rotatable bonds is 6. The van der Waals surface area contributed by atoms with Gasteiger partial charge in [0.2, 0.25) is 0 Å². The zero-order valence-electron chi connectivity index (χ0n) is 12.6. The van der Waals surface area contributed by atoms with E-state index in [0.29, 0.717) is 0 Å². The van der Waals surface area contributed by atoms with Gasteiger partial charge in [0.05, 0.1) is 18.9 Å². The lowest BCUT2D eigenvalue weighted by Crippen LogP contribution is -2.37. The molecule has 3 heterocycles. The van der Waals surface area contributed by atoms with Crippen molar-refractivity contribution in [1.29, 1.82) is 0 Å². The third-order valence-corrected chi connectivity index (χ3v) is 3.75. The fourth-order valence-electron chi connectivity index (χ4n) is 2.61. The van der Waals surface area contributed by atoms with Crippen LogP contribution in [0.25, 0.3) is 5.65 Å². The molecule has 2 aromatic heterocycles. The number of nitrogens with zero attached hydrogens (tertiary/aromatic N) is 4. The van der Waals surface area contributed by atoms with Crippen molar-refractivity contribution in [2.24, 2.45) is 0 Å². The quantitative estimate of drug-likeness (QED) is 0.799. The Bertz CT molecular complexity index is 576. The molecule has 0 saturated carbocycles. The van der Waals surface area contributed by atoms with Crippen LogP contribution in [0.1, 0.15) is 17.7 Å². The van der Waals surface area contributed by atoms with Crippen molar-refractivity contribution in [3.63, 3.8) is 0 Å². The van der Waals surface area contributed by atoms with Gasteiger partial charge in [-0.15, -0.1) is 0 Å². The van der Waals surface area contributed by atoms with Gasteiger partial charge in [-0.3, -0.25) is 4.90 Å². The maximum atomic E-state index is 5.35. The third-order valence-electron chi connectivity index (χ3n) is 3.75. The van der Waals surface area contributed by atoms with Crippen LogP contribution in [0.2, 0.25) is 0 Å². The highest BCUT2D eigenvalue weighted by Gasteiger charge is 2.08. The normalized spacial score (nSPS) is 16.6. The van der Waals surface area contributed by atoms with E-state index in [1.165, 1.54) is 0 Å². The minimum Gasteiger partial charge on any atom is -0.379 e. The lowest BCUT2D eigenvalue weighted by Gasteiger charge is -2.26. The molecule has 0 aromatic carbocycles. The second kappa shape index (κ2) is 6.98. The van der Waals surface area contributed by atoms with Gasteiger partial charge in [0.1, 0.15) is 0 Å². The Morgan fingerprint density at radius 1 is 1.33 bits per heavy atom. The molecule has 0 amide bonds. The second-order valence-electron chi connectivity index (χ2n) is 5.54. The predicted molar refractivity (Wildman–Crippen MR) is 81.3 cm³/mol. The van der Waals surface area contributed by atoms with E-state index >= 15 is 0 Å². The van der Waals surface area contributed by atoms with Gasteiger partial charge in [-0.25, -0.2) is 9.50 Å². The number of aryl methyl sites for hydroxylation is 1. The van der Waals surface area contributed by atoms with Crippen LogP contribution in [0.15, 0.2) is 18.5 Å². The molecule has 1 N–H and O–H groups in total. The van der Waals surface area contributed by atoms with Gasteiger partial charge in [-0.1, -0.05) is 0 Å². The van der Waals surface area contributed by atoms with E-state index in [-0.39, 0.29) is 0 Å². The monoisotopic (exact) mass is 289 g/mol. The summed E-state index contributed by atoms with van der Waals surface area (Å²) in [5.41, 5.74) is 3.07. The van der Waals surface area contributed by atoms with Gasteiger partial charge < -0.3 is 10.1 Å². The standard InChI is InChI=1S/C15H23N5O/c1-13-9-15-17-11-14(12-20(15)18-13)10-16-3-2-4-19-5-7-21-8-6-19/h9,11-12,16H,2-8,10H2,1H3. The summed E-state index contributed by atoms with van der Waals surface area (Å²) in [5.74, 6) is 0. The average Bonchev–Trinajstić information content (AvgIpc) is 2.87. The molecule has 3 rings (SSSR count). The van der Waals surface area contributed by atoms with Crippen molar-refractivity contribution in [3.05, 3.63) is 29.7 Å². The zero-order chi connectivity index (χ0) is 14.5. The molecule has 0 unspecified atom stereocenters. The molecule has 0 radical (unpaired) electrons. The Labute approximate surface area is 125 Å². The molecule has 114 valence electrons. The number of ether oxygens (including phenoxy) is 1. The fourth-order valence-corrected chi connectivity index (χ4v) is 2.61. The number of aromatic nitrogens is 3. The van der Waals surface area contributed by atoms with Crippen molar-refractivity contribution < 1.29 is 4.74 Å². The lowest BCUT2D eigenvalue weighted by atomic mass is 10.3.